The number of phenolic OH excluding ortho intramolecular Hbond substituents is 1. The molecule has 0 saturated heterocycles. The summed E-state index contributed by atoms with van der Waals surface area (Å²) in [5.41, 5.74) is 0. The summed E-state index contributed by atoms with van der Waals surface area (Å²) in [6, 6.07) is 0. The van der Waals surface area contributed by atoms with Crippen LogP contribution in [0.1, 0.15) is 6.92 Å². The number of rotatable bonds is 0. The van der Waals surface area contributed by atoms with Crippen LogP contribution in [0.3, 0.4) is 0 Å². The van der Waals surface area contributed by atoms with Gasteiger partial charge >= 0.3 is 0 Å². The highest BCUT2D eigenvalue weighted by Crippen LogP contribution is 2.47. The predicted molar refractivity (Wildman–Crippen MR) is 99.0 cm³/mol. The molecule has 0 radical (unpaired) electrons. The first-order chi connectivity index (χ1) is 9.20. The Morgan fingerprint density at radius 3 is 1.09 bits per heavy atom. The van der Waals surface area contributed by atoms with Crippen molar-refractivity contribution in [1.29, 1.82) is 0 Å². The van der Waals surface area contributed by atoms with E-state index in [4.69, 9.17) is 67.9 Å². The van der Waals surface area contributed by atoms with Crippen molar-refractivity contribution in [2.24, 2.45) is 0 Å². The number of carboxylic acid groups (broad SMARTS) is 1. The van der Waals surface area contributed by atoms with Crippen molar-refractivity contribution >= 4 is 64.0 Å². The zero-order valence-corrected chi connectivity index (χ0v) is 15.7. The minimum atomic E-state index is -0.833. The Balaban J connectivity index is -0.0000000831. The van der Waals surface area contributed by atoms with Crippen LogP contribution in [0.5, 0.6) is 5.75 Å². The highest BCUT2D eigenvalue weighted by Gasteiger charge is 2.18. The third-order valence-electron chi connectivity index (χ3n) is 1.19. The monoisotopic (exact) mass is 414 g/mol. The van der Waals surface area contributed by atoms with Crippen molar-refractivity contribution in [2.75, 3.05) is 0 Å². The fourth-order valence-corrected chi connectivity index (χ4v) is 1.72. The summed E-state index contributed by atoms with van der Waals surface area (Å²) >= 11 is 27.9. The van der Waals surface area contributed by atoms with Gasteiger partial charge in [-0.15, -0.1) is 26.3 Å². The number of phenols is 1. The van der Waals surface area contributed by atoms with Gasteiger partial charge in [0.25, 0.3) is 5.97 Å². The van der Waals surface area contributed by atoms with E-state index in [9.17, 15) is 5.11 Å². The summed E-state index contributed by atoms with van der Waals surface area (Å²) < 4.78 is 0. The number of aromatic hydroxyl groups is 1. The quantitative estimate of drug-likeness (QED) is 0.213. The molecule has 0 bridgehead atoms. The van der Waals surface area contributed by atoms with Crippen molar-refractivity contribution in [2.45, 2.75) is 6.92 Å². The average molecular weight is 417 g/mol. The highest BCUT2D eigenvalue weighted by atomic mass is 35.5. The molecule has 1 rings (SSSR count). The summed E-state index contributed by atoms with van der Waals surface area (Å²) in [5, 5.41) is 16.4. The molecule has 0 atom stereocenters. The van der Waals surface area contributed by atoms with Gasteiger partial charge in [-0.25, -0.2) is 0 Å². The van der Waals surface area contributed by atoms with Crippen molar-refractivity contribution in [3.8, 4) is 5.75 Å². The van der Waals surface area contributed by atoms with E-state index in [0.29, 0.717) is 0 Å². The molecule has 0 saturated carbocycles. The predicted octanol–water partition coefficient (Wildman–Crippen LogP) is 6.68. The second-order valence-corrected chi connectivity index (χ2v) is 4.33. The maximum absolute atomic E-state index is 9.20. The number of carboxylic acids is 1. The number of carbonyl (C=O) groups is 1. The van der Waals surface area contributed by atoms with Crippen LogP contribution in [0.2, 0.25) is 25.1 Å². The first-order valence-corrected chi connectivity index (χ1v) is 6.49. The highest BCUT2D eigenvalue weighted by molar-refractivity contribution is 6.55. The van der Waals surface area contributed by atoms with Crippen molar-refractivity contribution in [3.63, 3.8) is 0 Å². The number of hydrogen-bond acceptors (Lipinski definition) is 4. The Morgan fingerprint density at radius 1 is 0.773 bits per heavy atom. The van der Waals surface area contributed by atoms with Crippen LogP contribution in [-0.2, 0) is 4.79 Å². The van der Waals surface area contributed by atoms with E-state index in [1.54, 1.807) is 0 Å². The minimum Gasteiger partial charge on any atom is -0.505 e. The first-order valence-electron chi connectivity index (χ1n) is 4.60. The van der Waals surface area contributed by atoms with Crippen LogP contribution in [0.15, 0.2) is 26.3 Å². The Hall–Kier alpha value is -0.660. The van der Waals surface area contributed by atoms with Gasteiger partial charge < -0.3 is 22.5 Å². The largest absolute Gasteiger partial charge is 0.505 e. The van der Waals surface area contributed by atoms with Gasteiger partial charge in [-0.05, 0) is 0 Å². The van der Waals surface area contributed by atoms with Gasteiger partial charge in [0.15, 0.2) is 5.75 Å². The Labute approximate surface area is 155 Å². The van der Waals surface area contributed by atoms with Crippen LogP contribution in [0.25, 0.3) is 0 Å². The van der Waals surface area contributed by atoms with E-state index < -0.39 is 5.97 Å². The Bertz CT molecular complexity index is 348. The third-order valence-corrected chi connectivity index (χ3v) is 3.44. The molecule has 1 aromatic rings. The maximum atomic E-state index is 9.20. The minimum absolute atomic E-state index is 0. The number of hydrogen-bond donors (Lipinski definition) is 4. The van der Waals surface area contributed by atoms with Gasteiger partial charge in [0, 0.05) is 6.92 Å². The van der Waals surface area contributed by atoms with Gasteiger partial charge in [-0.1, -0.05) is 58.0 Å². The average Bonchev–Trinajstić information content (AvgIpc) is 2.44. The van der Waals surface area contributed by atoms with Crippen LogP contribution < -0.4 is 12.3 Å². The second-order valence-electron chi connectivity index (χ2n) is 2.44. The molecule has 22 heavy (non-hydrogen) atoms. The molecule has 0 aliphatic rings. The number of benzene rings is 1. The second kappa shape index (κ2) is 18.4. The summed E-state index contributed by atoms with van der Waals surface area (Å²) in [4.78, 5) is 9.00. The van der Waals surface area contributed by atoms with Gasteiger partial charge in [0.1, 0.15) is 10.0 Å². The molecule has 0 unspecified atom stereocenters. The number of aliphatic carboxylic acids is 1. The van der Waals surface area contributed by atoms with Crippen molar-refractivity contribution < 1.29 is 15.0 Å². The molecule has 0 spiro atoms. The molecule has 0 fully saturated rings. The molecule has 10 heteroatoms. The van der Waals surface area contributed by atoms with E-state index >= 15 is 0 Å². The SMILES string of the molecule is C=C.C=C.CC(=O)O.N.N.Oc1c(Cl)c(Cl)c(Cl)c(Cl)c1Cl. The first kappa shape index (κ1) is 33.1. The third kappa shape index (κ3) is 11.9. The summed E-state index contributed by atoms with van der Waals surface area (Å²) in [5.74, 6) is -1.20. The lowest BCUT2D eigenvalue weighted by molar-refractivity contribution is -0.134. The smallest absolute Gasteiger partial charge is 0.300 e. The lowest BCUT2D eigenvalue weighted by Crippen LogP contribution is -1.78. The molecular weight excluding hydrogens is 397 g/mol. The van der Waals surface area contributed by atoms with Crippen LogP contribution in [0.4, 0.5) is 0 Å². The fraction of sp³-hybridized carbons (Fsp3) is 0.0833. The normalized spacial score (nSPS) is 7.18. The number of halogens is 5. The Morgan fingerprint density at radius 2 is 0.909 bits per heavy atom. The van der Waals surface area contributed by atoms with Gasteiger partial charge in [-0.3, -0.25) is 4.79 Å². The van der Waals surface area contributed by atoms with E-state index in [1.807, 2.05) is 0 Å². The molecule has 0 aliphatic carbocycles. The molecule has 0 heterocycles. The Kier molecular flexibility index (Phi) is 27.6. The lowest BCUT2D eigenvalue weighted by atomic mass is 10.3. The van der Waals surface area contributed by atoms with Crippen molar-refractivity contribution in [3.05, 3.63) is 51.4 Å². The zero-order valence-electron chi connectivity index (χ0n) is 11.9. The fourth-order valence-electron chi connectivity index (χ4n) is 0.593. The lowest BCUT2D eigenvalue weighted by Gasteiger charge is -2.06. The molecular formula is C12H19Cl5N2O3. The van der Waals surface area contributed by atoms with E-state index in [0.717, 1.165) is 6.92 Å². The standard InChI is InChI=1S/C6HCl5O.C2H4O2.2C2H4.2H3N/c7-1-2(8)4(10)6(12)5(11)3(1)9;1-2(3)4;2*1-2;;/h12H;1H3,(H,3,4);2*1-2H2;2*1H3. The summed E-state index contributed by atoms with van der Waals surface area (Å²) in [7, 11) is 0. The summed E-state index contributed by atoms with van der Waals surface area (Å²) in [6.45, 7) is 13.1. The zero-order chi connectivity index (χ0) is 17.0. The molecule has 0 aliphatic heterocycles. The van der Waals surface area contributed by atoms with Gasteiger partial charge in [-0.2, -0.15) is 0 Å². The van der Waals surface area contributed by atoms with E-state index in [-0.39, 0.29) is 43.2 Å². The molecule has 130 valence electrons. The van der Waals surface area contributed by atoms with Crippen LogP contribution in [0, 0.1) is 0 Å². The van der Waals surface area contributed by atoms with Crippen LogP contribution in [-0.4, -0.2) is 16.2 Å². The molecule has 8 N–H and O–H groups in total. The topological polar surface area (TPSA) is 128 Å². The molecule has 0 aromatic heterocycles. The van der Waals surface area contributed by atoms with Crippen molar-refractivity contribution in [1.82, 2.24) is 12.3 Å². The van der Waals surface area contributed by atoms with E-state index in [2.05, 4.69) is 26.3 Å². The molecule has 5 nitrogen and oxygen atoms in total. The molecule has 0 amide bonds. The van der Waals surface area contributed by atoms with Crippen LogP contribution >= 0.6 is 58.0 Å². The van der Waals surface area contributed by atoms with E-state index in [1.165, 1.54) is 0 Å². The molecule has 1 aromatic carbocycles. The van der Waals surface area contributed by atoms with Gasteiger partial charge in [0.05, 0.1) is 15.1 Å². The summed E-state index contributed by atoms with van der Waals surface area (Å²) in [6.07, 6.45) is 0. The van der Waals surface area contributed by atoms with Gasteiger partial charge in [0.2, 0.25) is 0 Å². The maximum Gasteiger partial charge on any atom is 0.300 e.